The summed E-state index contributed by atoms with van der Waals surface area (Å²) in [7, 11) is -7.72. The van der Waals surface area contributed by atoms with Gasteiger partial charge in [-0.15, -0.1) is 4.83 Å². The first-order valence-corrected chi connectivity index (χ1v) is 12.3. The summed E-state index contributed by atoms with van der Waals surface area (Å²) in [5.74, 6) is 0.111. The van der Waals surface area contributed by atoms with Gasteiger partial charge in [0.05, 0.1) is 5.02 Å². The van der Waals surface area contributed by atoms with Gasteiger partial charge in [-0.05, 0) is 43.2 Å². The third-order valence-electron chi connectivity index (χ3n) is 4.25. The van der Waals surface area contributed by atoms with E-state index in [1.54, 1.807) is 33.8 Å². The standard InChI is InChI=1S/C17H22Cl2N4O4S2/c1-5-23(6-2)29(26,27)13-7-8-15(20-10-13)21-22-28(24,25)17-12(4)14(18)9-11(3)16(17)19/h7-10,22H,5-6H2,1-4H3,(H,20,21). The van der Waals surface area contributed by atoms with Crippen molar-refractivity contribution in [2.75, 3.05) is 18.5 Å². The molecule has 0 aliphatic carbocycles. The summed E-state index contributed by atoms with van der Waals surface area (Å²) in [4.78, 5) is 6.03. The number of rotatable bonds is 8. The summed E-state index contributed by atoms with van der Waals surface area (Å²) < 4.78 is 51.6. The van der Waals surface area contributed by atoms with Crippen molar-refractivity contribution in [3.05, 3.63) is 45.6 Å². The van der Waals surface area contributed by atoms with E-state index in [1.165, 1.54) is 16.4 Å². The number of nitrogens with one attached hydrogen (secondary N) is 2. The van der Waals surface area contributed by atoms with E-state index in [0.29, 0.717) is 24.2 Å². The Morgan fingerprint density at radius 2 is 1.69 bits per heavy atom. The van der Waals surface area contributed by atoms with Gasteiger partial charge in [0.15, 0.2) is 0 Å². The van der Waals surface area contributed by atoms with Crippen molar-refractivity contribution in [2.45, 2.75) is 37.5 Å². The highest BCUT2D eigenvalue weighted by Gasteiger charge is 2.25. The van der Waals surface area contributed by atoms with Crippen LogP contribution in [0.3, 0.4) is 0 Å². The van der Waals surface area contributed by atoms with Crippen molar-refractivity contribution in [1.82, 2.24) is 14.1 Å². The number of halogens is 2. The van der Waals surface area contributed by atoms with Gasteiger partial charge in [-0.1, -0.05) is 37.0 Å². The van der Waals surface area contributed by atoms with Crippen LogP contribution in [0.5, 0.6) is 0 Å². The van der Waals surface area contributed by atoms with Crippen molar-refractivity contribution >= 4 is 49.1 Å². The molecule has 1 aromatic heterocycles. The van der Waals surface area contributed by atoms with Crippen LogP contribution < -0.4 is 10.3 Å². The minimum absolute atomic E-state index is 0.0129. The number of aryl methyl sites for hydroxylation is 1. The molecule has 160 valence electrons. The zero-order valence-electron chi connectivity index (χ0n) is 16.3. The predicted molar refractivity (Wildman–Crippen MR) is 114 cm³/mol. The molecule has 0 saturated heterocycles. The number of hydrogen-bond acceptors (Lipinski definition) is 6. The van der Waals surface area contributed by atoms with E-state index in [-0.39, 0.29) is 25.7 Å². The van der Waals surface area contributed by atoms with E-state index in [1.807, 2.05) is 0 Å². The molecule has 0 saturated carbocycles. The molecule has 0 bridgehead atoms. The highest BCUT2D eigenvalue weighted by molar-refractivity contribution is 7.89. The number of hydrazine groups is 1. The fourth-order valence-corrected chi connectivity index (χ4v) is 6.09. The van der Waals surface area contributed by atoms with Gasteiger partial charge in [0.25, 0.3) is 10.0 Å². The first kappa shape index (κ1) is 23.8. The van der Waals surface area contributed by atoms with Crippen LogP contribution in [0.1, 0.15) is 25.0 Å². The molecule has 0 radical (unpaired) electrons. The fourth-order valence-electron chi connectivity index (χ4n) is 2.62. The number of aromatic nitrogens is 1. The molecule has 0 spiro atoms. The van der Waals surface area contributed by atoms with Crippen molar-refractivity contribution in [2.24, 2.45) is 0 Å². The van der Waals surface area contributed by atoms with Crippen LogP contribution in [0.25, 0.3) is 0 Å². The van der Waals surface area contributed by atoms with Gasteiger partial charge >= 0.3 is 0 Å². The fraction of sp³-hybridized carbons (Fsp3) is 0.353. The van der Waals surface area contributed by atoms with Gasteiger partial charge in [-0.2, -0.15) is 4.31 Å². The molecule has 12 heteroatoms. The summed E-state index contributed by atoms with van der Waals surface area (Å²) in [5, 5.41) is 0.339. The third kappa shape index (κ3) is 5.01. The topological polar surface area (TPSA) is 108 Å². The van der Waals surface area contributed by atoms with Crippen molar-refractivity contribution in [1.29, 1.82) is 0 Å². The smallest absolute Gasteiger partial charge is 0.259 e. The number of anilines is 1. The number of sulfonamides is 2. The number of nitrogens with zero attached hydrogens (tertiary/aromatic N) is 2. The minimum Gasteiger partial charge on any atom is -0.292 e. The first-order chi connectivity index (χ1) is 13.5. The molecule has 1 heterocycles. The number of hydrogen-bond donors (Lipinski definition) is 2. The molecule has 0 aliphatic heterocycles. The molecule has 1 aromatic carbocycles. The molecular formula is C17H22Cl2N4O4S2. The summed E-state index contributed by atoms with van der Waals surface area (Å²) in [5.41, 5.74) is 3.28. The molecule has 0 fully saturated rings. The Labute approximate surface area is 181 Å². The molecule has 0 atom stereocenters. The Morgan fingerprint density at radius 1 is 1.07 bits per heavy atom. The molecule has 0 amide bonds. The largest absolute Gasteiger partial charge is 0.292 e. The summed E-state index contributed by atoms with van der Waals surface area (Å²) >= 11 is 12.3. The zero-order valence-corrected chi connectivity index (χ0v) is 19.5. The predicted octanol–water partition coefficient (Wildman–Crippen LogP) is 3.34. The van der Waals surface area contributed by atoms with Crippen LogP contribution in [-0.4, -0.2) is 39.2 Å². The molecule has 29 heavy (non-hydrogen) atoms. The van der Waals surface area contributed by atoms with Crippen LogP contribution in [0, 0.1) is 13.8 Å². The third-order valence-corrected chi connectivity index (χ3v) is 8.69. The van der Waals surface area contributed by atoms with Gasteiger partial charge < -0.3 is 0 Å². The second kappa shape index (κ2) is 9.15. The van der Waals surface area contributed by atoms with Gasteiger partial charge in [-0.3, -0.25) is 5.43 Å². The van der Waals surface area contributed by atoms with Crippen molar-refractivity contribution in [3.63, 3.8) is 0 Å². The maximum absolute atomic E-state index is 12.7. The SMILES string of the molecule is CCN(CC)S(=O)(=O)c1ccc(NNS(=O)(=O)c2c(C)c(Cl)cc(C)c2Cl)nc1. The van der Waals surface area contributed by atoms with Gasteiger partial charge in [-0.25, -0.2) is 21.8 Å². The van der Waals surface area contributed by atoms with Crippen LogP contribution >= 0.6 is 23.2 Å². The highest BCUT2D eigenvalue weighted by Crippen LogP contribution is 2.33. The maximum atomic E-state index is 12.7. The monoisotopic (exact) mass is 480 g/mol. The Hall–Kier alpha value is -1.43. The maximum Gasteiger partial charge on any atom is 0.259 e. The Morgan fingerprint density at radius 3 is 2.21 bits per heavy atom. The summed E-state index contributed by atoms with van der Waals surface area (Å²) in [6.07, 6.45) is 1.16. The van der Waals surface area contributed by atoms with Crippen LogP contribution in [0.15, 0.2) is 34.2 Å². The lowest BCUT2D eigenvalue weighted by atomic mass is 10.2. The van der Waals surface area contributed by atoms with Crippen molar-refractivity contribution < 1.29 is 16.8 Å². The molecule has 2 N–H and O–H groups in total. The van der Waals surface area contributed by atoms with Gasteiger partial charge in [0.2, 0.25) is 10.0 Å². The average Bonchev–Trinajstić information content (AvgIpc) is 2.66. The van der Waals surface area contributed by atoms with Crippen molar-refractivity contribution in [3.8, 4) is 0 Å². The Bertz CT molecular complexity index is 1070. The van der Waals surface area contributed by atoms with Crippen LogP contribution in [0.2, 0.25) is 10.0 Å². The quantitative estimate of drug-likeness (QED) is 0.560. The molecular weight excluding hydrogens is 459 g/mol. The van der Waals surface area contributed by atoms with E-state index in [0.717, 1.165) is 6.20 Å². The molecule has 2 rings (SSSR count). The van der Waals surface area contributed by atoms with E-state index in [2.05, 4.69) is 15.2 Å². The highest BCUT2D eigenvalue weighted by atomic mass is 35.5. The molecule has 0 aliphatic rings. The molecule has 8 nitrogen and oxygen atoms in total. The van der Waals surface area contributed by atoms with Crippen LogP contribution in [0.4, 0.5) is 5.82 Å². The first-order valence-electron chi connectivity index (χ1n) is 8.64. The zero-order chi connectivity index (χ0) is 22.0. The lowest BCUT2D eigenvalue weighted by Gasteiger charge is -2.18. The van der Waals surface area contributed by atoms with E-state index >= 15 is 0 Å². The Kier molecular flexibility index (Phi) is 7.52. The lowest BCUT2D eigenvalue weighted by Crippen LogP contribution is -2.32. The van der Waals surface area contributed by atoms with Gasteiger partial charge in [0.1, 0.15) is 15.6 Å². The molecule has 0 unspecified atom stereocenters. The van der Waals surface area contributed by atoms with E-state index in [4.69, 9.17) is 23.2 Å². The number of pyridine rings is 1. The summed E-state index contributed by atoms with van der Waals surface area (Å²) in [6, 6.07) is 4.29. The summed E-state index contributed by atoms with van der Waals surface area (Å²) in [6.45, 7) is 7.34. The molecule has 2 aromatic rings. The minimum atomic E-state index is -4.07. The van der Waals surface area contributed by atoms with Crippen LogP contribution in [-0.2, 0) is 20.0 Å². The Balaban J connectivity index is 2.25. The second-order valence-corrected chi connectivity index (χ2v) is 10.5. The number of benzene rings is 1. The van der Waals surface area contributed by atoms with Gasteiger partial charge in [0, 0.05) is 24.3 Å². The average molecular weight is 481 g/mol. The van der Waals surface area contributed by atoms with E-state index < -0.39 is 20.0 Å². The van der Waals surface area contributed by atoms with E-state index in [9.17, 15) is 16.8 Å². The normalized spacial score (nSPS) is 12.4. The lowest BCUT2D eigenvalue weighted by molar-refractivity contribution is 0.445. The second-order valence-electron chi connectivity index (χ2n) is 6.14.